The van der Waals surface area contributed by atoms with Crippen LogP contribution in [0.25, 0.3) is 11.4 Å². The minimum absolute atomic E-state index is 0.175. The van der Waals surface area contributed by atoms with Gasteiger partial charge in [-0.1, -0.05) is 59.2 Å². The van der Waals surface area contributed by atoms with Crippen molar-refractivity contribution in [2.24, 2.45) is 0 Å². The van der Waals surface area contributed by atoms with E-state index in [-0.39, 0.29) is 11.7 Å². The van der Waals surface area contributed by atoms with Crippen LogP contribution in [0.5, 0.6) is 0 Å². The Hall–Kier alpha value is -2.02. The summed E-state index contributed by atoms with van der Waals surface area (Å²) in [6.45, 7) is 2.01. The fourth-order valence-corrected chi connectivity index (χ4v) is 3.07. The normalized spacial score (nSPS) is 10.7. The Morgan fingerprint density at radius 3 is 2.76 bits per heavy atom. The number of carbonyl (C=O) groups excluding carboxylic acids is 1. The number of rotatable bonds is 5. The highest BCUT2D eigenvalue weighted by Gasteiger charge is 2.11. The molecule has 2 aromatic carbocycles. The first-order chi connectivity index (χ1) is 12.0. The summed E-state index contributed by atoms with van der Waals surface area (Å²) in [6, 6.07) is 12.8. The van der Waals surface area contributed by atoms with Gasteiger partial charge in [0.1, 0.15) is 0 Å². The average molecular weight is 393 g/mol. The Kier molecular flexibility index (Phi) is 5.63. The molecule has 0 saturated carbocycles. The number of benzene rings is 2. The van der Waals surface area contributed by atoms with Crippen LogP contribution in [0.15, 0.2) is 47.6 Å². The summed E-state index contributed by atoms with van der Waals surface area (Å²) in [4.78, 5) is 16.5. The van der Waals surface area contributed by atoms with E-state index in [4.69, 9.17) is 23.2 Å². The fourth-order valence-electron chi connectivity index (χ4n) is 2.17. The number of nitrogens with zero attached hydrogens (tertiary/aromatic N) is 2. The molecule has 25 heavy (non-hydrogen) atoms. The minimum atomic E-state index is -0.175. The van der Waals surface area contributed by atoms with Crippen molar-refractivity contribution in [3.8, 4) is 11.4 Å². The summed E-state index contributed by atoms with van der Waals surface area (Å²) in [5.41, 5.74) is 2.69. The summed E-state index contributed by atoms with van der Waals surface area (Å²) < 4.78 is 0. The Balaban J connectivity index is 1.59. The topological polar surface area (TPSA) is 70.7 Å². The molecule has 0 fully saturated rings. The number of carbonyl (C=O) groups is 1. The van der Waals surface area contributed by atoms with Crippen molar-refractivity contribution in [2.45, 2.75) is 12.1 Å². The van der Waals surface area contributed by atoms with Crippen LogP contribution >= 0.6 is 35.0 Å². The van der Waals surface area contributed by atoms with Gasteiger partial charge in [-0.05, 0) is 30.7 Å². The number of hydrogen-bond donors (Lipinski definition) is 2. The van der Waals surface area contributed by atoms with Gasteiger partial charge in [-0.3, -0.25) is 9.89 Å². The molecule has 2 N–H and O–H groups in total. The third-order valence-corrected chi connectivity index (χ3v) is 4.99. The predicted octanol–water partition coefficient (Wildman–Crippen LogP) is 4.82. The van der Waals surface area contributed by atoms with Crippen molar-refractivity contribution in [1.82, 2.24) is 15.2 Å². The van der Waals surface area contributed by atoms with E-state index in [9.17, 15) is 4.79 Å². The Bertz CT molecular complexity index is 913. The lowest BCUT2D eigenvalue weighted by Crippen LogP contribution is -2.14. The van der Waals surface area contributed by atoms with Crippen molar-refractivity contribution < 1.29 is 4.79 Å². The molecule has 8 heteroatoms. The van der Waals surface area contributed by atoms with Gasteiger partial charge in [0.25, 0.3) is 0 Å². The molecular weight excluding hydrogens is 379 g/mol. The second-order valence-corrected chi connectivity index (χ2v) is 7.00. The lowest BCUT2D eigenvalue weighted by Gasteiger charge is -2.05. The van der Waals surface area contributed by atoms with E-state index in [1.54, 1.807) is 18.2 Å². The maximum Gasteiger partial charge on any atom is 0.234 e. The molecule has 0 bridgehead atoms. The Morgan fingerprint density at radius 1 is 1.20 bits per heavy atom. The van der Waals surface area contributed by atoms with Crippen LogP contribution in [0.4, 0.5) is 5.69 Å². The molecule has 0 atom stereocenters. The second kappa shape index (κ2) is 7.91. The van der Waals surface area contributed by atoms with Crippen molar-refractivity contribution in [1.29, 1.82) is 0 Å². The molecule has 0 aliphatic carbocycles. The van der Waals surface area contributed by atoms with E-state index >= 15 is 0 Å². The Morgan fingerprint density at radius 2 is 2.00 bits per heavy atom. The molecule has 0 aliphatic heterocycles. The number of amides is 1. The van der Waals surface area contributed by atoms with Gasteiger partial charge >= 0.3 is 0 Å². The maximum absolute atomic E-state index is 12.0. The lowest BCUT2D eigenvalue weighted by atomic mass is 10.1. The maximum atomic E-state index is 12.0. The lowest BCUT2D eigenvalue weighted by molar-refractivity contribution is -0.113. The zero-order valence-electron chi connectivity index (χ0n) is 13.2. The van der Waals surface area contributed by atoms with Crippen molar-refractivity contribution in [2.75, 3.05) is 11.1 Å². The third-order valence-electron chi connectivity index (χ3n) is 3.40. The minimum Gasteiger partial charge on any atom is -0.325 e. The van der Waals surface area contributed by atoms with E-state index in [0.717, 1.165) is 11.1 Å². The highest BCUT2D eigenvalue weighted by atomic mass is 35.5. The molecular formula is C17H14Cl2N4OS. The highest BCUT2D eigenvalue weighted by molar-refractivity contribution is 7.99. The van der Waals surface area contributed by atoms with Crippen LogP contribution in [0.2, 0.25) is 10.0 Å². The van der Waals surface area contributed by atoms with Gasteiger partial charge < -0.3 is 5.32 Å². The van der Waals surface area contributed by atoms with Crippen LogP contribution in [0.3, 0.4) is 0 Å². The number of aromatic nitrogens is 3. The molecule has 5 nitrogen and oxygen atoms in total. The van der Waals surface area contributed by atoms with Gasteiger partial charge in [-0.15, -0.1) is 5.10 Å². The van der Waals surface area contributed by atoms with Crippen molar-refractivity contribution in [3.05, 3.63) is 58.1 Å². The van der Waals surface area contributed by atoms with Gasteiger partial charge in [-0.2, -0.15) is 0 Å². The molecule has 0 saturated heterocycles. The summed E-state index contributed by atoms with van der Waals surface area (Å²) in [5, 5.41) is 11.2. The van der Waals surface area contributed by atoms with Gasteiger partial charge in [0.15, 0.2) is 5.82 Å². The first kappa shape index (κ1) is 17.8. The zero-order valence-corrected chi connectivity index (χ0v) is 15.5. The third kappa shape index (κ3) is 4.54. The van der Waals surface area contributed by atoms with E-state index in [0.29, 0.717) is 26.7 Å². The Labute approximate surface area is 159 Å². The van der Waals surface area contributed by atoms with Crippen LogP contribution in [0, 0.1) is 6.92 Å². The first-order valence-corrected chi connectivity index (χ1v) is 9.13. The van der Waals surface area contributed by atoms with Crippen LogP contribution in [0.1, 0.15) is 5.56 Å². The summed E-state index contributed by atoms with van der Waals surface area (Å²) >= 11 is 13.0. The van der Waals surface area contributed by atoms with Crippen LogP contribution in [-0.2, 0) is 4.79 Å². The van der Waals surface area contributed by atoms with Gasteiger partial charge in [0.2, 0.25) is 11.1 Å². The van der Waals surface area contributed by atoms with Crippen LogP contribution < -0.4 is 5.32 Å². The molecule has 0 unspecified atom stereocenters. The van der Waals surface area contributed by atoms with Gasteiger partial charge in [0, 0.05) is 11.3 Å². The summed E-state index contributed by atoms with van der Waals surface area (Å²) in [5.74, 6) is 0.696. The molecule has 1 heterocycles. The molecule has 3 rings (SSSR count). The average Bonchev–Trinajstić information content (AvgIpc) is 3.05. The summed E-state index contributed by atoms with van der Waals surface area (Å²) in [6.07, 6.45) is 0. The predicted molar refractivity (Wildman–Crippen MR) is 102 cm³/mol. The summed E-state index contributed by atoms with van der Waals surface area (Å²) in [7, 11) is 0. The largest absolute Gasteiger partial charge is 0.325 e. The first-order valence-electron chi connectivity index (χ1n) is 7.39. The number of aromatic amines is 1. The number of halogens is 2. The number of H-pyrrole nitrogens is 1. The monoisotopic (exact) mass is 392 g/mol. The van der Waals surface area contributed by atoms with E-state index < -0.39 is 0 Å². The smallest absolute Gasteiger partial charge is 0.234 e. The molecule has 128 valence electrons. The van der Waals surface area contributed by atoms with Crippen molar-refractivity contribution >= 4 is 46.6 Å². The second-order valence-electron chi connectivity index (χ2n) is 5.25. The number of nitrogens with one attached hydrogen (secondary N) is 2. The zero-order chi connectivity index (χ0) is 17.8. The van der Waals surface area contributed by atoms with Crippen LogP contribution in [-0.4, -0.2) is 26.8 Å². The quantitative estimate of drug-likeness (QED) is 0.610. The van der Waals surface area contributed by atoms with Gasteiger partial charge in [-0.25, -0.2) is 4.98 Å². The fraction of sp³-hybridized carbons (Fsp3) is 0.118. The number of hydrogen-bond acceptors (Lipinski definition) is 4. The molecule has 3 aromatic rings. The van der Waals surface area contributed by atoms with Gasteiger partial charge in [0.05, 0.1) is 15.8 Å². The number of thioether (sulfide) groups is 1. The van der Waals surface area contributed by atoms with E-state index in [1.807, 2.05) is 31.2 Å². The molecule has 0 aliphatic rings. The van der Waals surface area contributed by atoms with Crippen molar-refractivity contribution in [3.63, 3.8) is 0 Å². The molecule has 0 radical (unpaired) electrons. The molecule has 1 aromatic heterocycles. The number of anilines is 1. The standard InChI is InChI=1S/C17H14Cl2N4OS/c1-10-4-2-3-5-12(10)16-21-17(23-22-16)25-9-15(24)20-11-6-7-13(18)14(19)8-11/h2-8H,9H2,1H3,(H,20,24)(H,21,22,23). The van der Waals surface area contributed by atoms with E-state index in [1.165, 1.54) is 11.8 Å². The van der Waals surface area contributed by atoms with E-state index in [2.05, 4.69) is 20.5 Å². The molecule has 1 amide bonds. The number of aryl methyl sites for hydroxylation is 1. The highest BCUT2D eigenvalue weighted by Crippen LogP contribution is 2.25. The molecule has 0 spiro atoms. The SMILES string of the molecule is Cc1ccccc1-c1nc(SCC(=O)Nc2ccc(Cl)c(Cl)c2)n[nH]1.